The zero-order valence-corrected chi connectivity index (χ0v) is 18.9. The van der Waals surface area contributed by atoms with Gasteiger partial charge in [-0.25, -0.2) is 4.79 Å². The van der Waals surface area contributed by atoms with E-state index >= 15 is 0 Å². The third-order valence-electron chi connectivity index (χ3n) is 5.60. The number of methoxy groups -OCH3 is 2. The Balaban J connectivity index is 1.80. The number of pyridine rings is 1. The molecule has 0 saturated carbocycles. The zero-order chi connectivity index (χ0) is 22.5. The molecule has 1 aliphatic heterocycles. The van der Waals surface area contributed by atoms with E-state index in [4.69, 9.17) is 21.7 Å². The fourth-order valence-corrected chi connectivity index (χ4v) is 4.50. The number of aromatic nitrogens is 2. The first-order valence-electron chi connectivity index (χ1n) is 10.5. The smallest absolute Gasteiger partial charge is 0.339 e. The average molecular weight is 451 g/mol. The van der Waals surface area contributed by atoms with Gasteiger partial charge in [0.15, 0.2) is 5.11 Å². The van der Waals surface area contributed by atoms with Crippen molar-refractivity contribution >= 4 is 23.3 Å². The molecule has 166 valence electrons. The Morgan fingerprint density at radius 2 is 1.94 bits per heavy atom. The first-order chi connectivity index (χ1) is 15.7. The van der Waals surface area contributed by atoms with Crippen LogP contribution in [0.25, 0.3) is 5.69 Å². The highest BCUT2D eigenvalue weighted by Gasteiger charge is 2.41. The van der Waals surface area contributed by atoms with E-state index in [1.54, 1.807) is 19.4 Å². The summed E-state index contributed by atoms with van der Waals surface area (Å²) in [5, 5.41) is 4.14. The third-order valence-corrected chi connectivity index (χ3v) is 5.95. The molecule has 0 spiro atoms. The lowest BCUT2D eigenvalue weighted by atomic mass is 10.0. The fraction of sp³-hybridized carbons (Fsp3) is 0.292. The van der Waals surface area contributed by atoms with Gasteiger partial charge in [-0.1, -0.05) is 18.2 Å². The number of rotatable bonds is 8. The van der Waals surface area contributed by atoms with Crippen LogP contribution in [-0.4, -0.2) is 52.9 Å². The summed E-state index contributed by atoms with van der Waals surface area (Å²) < 4.78 is 12.3. The van der Waals surface area contributed by atoms with E-state index in [-0.39, 0.29) is 18.1 Å². The molecular formula is C24H26N4O3S. The Kier molecular flexibility index (Phi) is 6.82. The predicted octanol–water partition coefficient (Wildman–Crippen LogP) is 3.67. The number of esters is 1. The lowest BCUT2D eigenvalue weighted by molar-refractivity contribution is 0.0600. The number of hydrogen-bond donors (Lipinski definition) is 1. The van der Waals surface area contributed by atoms with Gasteiger partial charge in [-0.15, -0.1) is 0 Å². The minimum absolute atomic E-state index is 0.116. The summed E-state index contributed by atoms with van der Waals surface area (Å²) in [4.78, 5) is 19.2. The molecule has 0 unspecified atom stereocenters. The third kappa shape index (κ3) is 4.24. The van der Waals surface area contributed by atoms with Gasteiger partial charge in [0.25, 0.3) is 0 Å². The molecule has 1 fully saturated rings. The van der Waals surface area contributed by atoms with Gasteiger partial charge in [0.1, 0.15) is 0 Å². The first-order valence-corrected chi connectivity index (χ1v) is 10.9. The van der Waals surface area contributed by atoms with E-state index in [1.807, 2.05) is 53.2 Å². The molecule has 8 heteroatoms. The Morgan fingerprint density at radius 3 is 2.69 bits per heavy atom. The van der Waals surface area contributed by atoms with Crippen LogP contribution in [0.3, 0.4) is 0 Å². The number of hydrogen-bond acceptors (Lipinski definition) is 5. The molecule has 2 aromatic heterocycles. The Bertz CT molecular complexity index is 1090. The summed E-state index contributed by atoms with van der Waals surface area (Å²) in [6.07, 6.45) is 4.58. The second-order valence-corrected chi connectivity index (χ2v) is 7.86. The van der Waals surface area contributed by atoms with E-state index in [0.29, 0.717) is 17.3 Å². The van der Waals surface area contributed by atoms with Crippen LogP contribution < -0.4 is 5.32 Å². The number of nitrogens with zero attached hydrogens (tertiary/aromatic N) is 3. The van der Waals surface area contributed by atoms with Crippen molar-refractivity contribution < 1.29 is 14.3 Å². The highest BCUT2D eigenvalue weighted by atomic mass is 32.1. The molecule has 2 atom stereocenters. The average Bonchev–Trinajstić information content (AvgIpc) is 3.43. The Hall–Kier alpha value is -3.23. The van der Waals surface area contributed by atoms with Gasteiger partial charge in [0.2, 0.25) is 0 Å². The van der Waals surface area contributed by atoms with Crippen molar-refractivity contribution in [1.29, 1.82) is 0 Å². The van der Waals surface area contributed by atoms with Crippen LogP contribution in [0.15, 0.2) is 67.0 Å². The fourth-order valence-electron chi connectivity index (χ4n) is 4.17. The molecular weight excluding hydrogens is 424 g/mol. The van der Waals surface area contributed by atoms with Crippen molar-refractivity contribution in [3.63, 3.8) is 0 Å². The van der Waals surface area contributed by atoms with Crippen molar-refractivity contribution in [2.75, 3.05) is 27.4 Å². The number of carbonyl (C=O) groups excluding carboxylic acids is 1. The molecule has 1 aromatic carbocycles. The number of benzene rings is 1. The molecule has 0 radical (unpaired) electrons. The van der Waals surface area contributed by atoms with E-state index in [0.717, 1.165) is 30.0 Å². The standard InChI is InChI=1S/C24H26N4O3S/c1-30-16-8-15-28-22(21(26-24(28)32)18-10-5-6-13-25-18)20-12-7-14-27(20)19-11-4-3-9-17(19)23(29)31-2/h3-7,9-14,21-22H,8,15-16H2,1-2H3,(H,26,32)/t21-,22+/m0/s1. The first kappa shape index (κ1) is 22.0. The predicted molar refractivity (Wildman–Crippen MR) is 126 cm³/mol. The minimum Gasteiger partial charge on any atom is -0.465 e. The van der Waals surface area contributed by atoms with Crippen LogP contribution in [0.1, 0.15) is 40.3 Å². The topological polar surface area (TPSA) is 68.6 Å². The van der Waals surface area contributed by atoms with Gasteiger partial charge < -0.3 is 24.3 Å². The van der Waals surface area contributed by atoms with Gasteiger partial charge in [-0.2, -0.15) is 0 Å². The van der Waals surface area contributed by atoms with Gasteiger partial charge in [0.05, 0.1) is 36.1 Å². The van der Waals surface area contributed by atoms with Crippen LogP contribution >= 0.6 is 12.2 Å². The molecule has 32 heavy (non-hydrogen) atoms. The van der Waals surface area contributed by atoms with Crippen molar-refractivity contribution in [3.8, 4) is 5.69 Å². The maximum Gasteiger partial charge on any atom is 0.339 e. The lowest BCUT2D eigenvalue weighted by Crippen LogP contribution is -2.32. The summed E-state index contributed by atoms with van der Waals surface area (Å²) in [6.45, 7) is 1.38. The molecule has 3 aromatic rings. The summed E-state index contributed by atoms with van der Waals surface area (Å²) in [7, 11) is 3.09. The SMILES string of the molecule is COCCCN1C(=S)N[C@@H](c2ccccn2)[C@H]1c1cccn1-c1ccccc1C(=O)OC. The molecule has 0 amide bonds. The summed E-state index contributed by atoms with van der Waals surface area (Å²) in [5.74, 6) is -0.376. The zero-order valence-electron chi connectivity index (χ0n) is 18.1. The van der Waals surface area contributed by atoms with Crippen molar-refractivity contribution in [2.24, 2.45) is 0 Å². The molecule has 0 bridgehead atoms. The van der Waals surface area contributed by atoms with Gasteiger partial charge in [-0.3, -0.25) is 4.98 Å². The number of nitrogens with one attached hydrogen (secondary N) is 1. The van der Waals surface area contributed by atoms with E-state index in [1.165, 1.54) is 7.11 Å². The number of para-hydroxylation sites is 1. The number of carbonyl (C=O) groups is 1. The van der Waals surface area contributed by atoms with Crippen molar-refractivity contribution in [3.05, 3.63) is 83.9 Å². The second-order valence-electron chi connectivity index (χ2n) is 7.48. The highest BCUT2D eigenvalue weighted by molar-refractivity contribution is 7.80. The van der Waals surface area contributed by atoms with Crippen molar-refractivity contribution in [2.45, 2.75) is 18.5 Å². The number of ether oxygens (including phenoxy) is 2. The molecule has 3 heterocycles. The van der Waals surface area contributed by atoms with Gasteiger partial charge in [-0.05, 0) is 55.0 Å². The van der Waals surface area contributed by atoms with Crippen LogP contribution in [0.5, 0.6) is 0 Å². The Labute approximate surface area is 193 Å². The minimum atomic E-state index is -0.376. The van der Waals surface area contributed by atoms with Crippen LogP contribution in [0.2, 0.25) is 0 Å². The summed E-state index contributed by atoms with van der Waals surface area (Å²) >= 11 is 5.73. The molecule has 0 aliphatic carbocycles. The summed E-state index contributed by atoms with van der Waals surface area (Å²) in [6, 6.07) is 17.1. The normalized spacial score (nSPS) is 17.9. The Morgan fingerprint density at radius 1 is 1.12 bits per heavy atom. The second kappa shape index (κ2) is 9.93. The monoisotopic (exact) mass is 450 g/mol. The van der Waals surface area contributed by atoms with Gasteiger partial charge >= 0.3 is 5.97 Å². The summed E-state index contributed by atoms with van der Waals surface area (Å²) in [5.41, 5.74) is 3.17. The molecule has 1 saturated heterocycles. The van der Waals surface area contributed by atoms with Crippen LogP contribution in [0, 0.1) is 0 Å². The molecule has 7 nitrogen and oxygen atoms in total. The quantitative estimate of drug-likeness (QED) is 0.319. The maximum atomic E-state index is 12.4. The molecule has 1 aliphatic rings. The largest absolute Gasteiger partial charge is 0.465 e. The van der Waals surface area contributed by atoms with Gasteiger partial charge in [0, 0.05) is 38.3 Å². The van der Waals surface area contributed by atoms with E-state index < -0.39 is 0 Å². The number of thiocarbonyl (C=S) groups is 1. The molecule has 1 N–H and O–H groups in total. The van der Waals surface area contributed by atoms with Crippen molar-refractivity contribution in [1.82, 2.24) is 19.8 Å². The lowest BCUT2D eigenvalue weighted by Gasteiger charge is -2.29. The van der Waals surface area contributed by atoms with Crippen LogP contribution in [0.4, 0.5) is 0 Å². The highest BCUT2D eigenvalue weighted by Crippen LogP contribution is 2.39. The maximum absolute atomic E-state index is 12.4. The van der Waals surface area contributed by atoms with E-state index in [2.05, 4.69) is 21.3 Å². The van der Waals surface area contributed by atoms with E-state index in [9.17, 15) is 4.79 Å². The molecule has 4 rings (SSSR count). The van der Waals surface area contributed by atoms with Crippen LogP contribution in [-0.2, 0) is 9.47 Å².